The van der Waals surface area contributed by atoms with Crippen molar-refractivity contribution in [1.29, 1.82) is 0 Å². The van der Waals surface area contributed by atoms with Gasteiger partial charge >= 0.3 is 0 Å². The molecular formula is C15H16N2O3. The monoisotopic (exact) mass is 272 g/mol. The molecule has 1 aliphatic rings. The molecule has 0 unspecified atom stereocenters. The smallest absolute Gasteiger partial charge is 0.291 e. The van der Waals surface area contributed by atoms with Gasteiger partial charge in [0.25, 0.3) is 5.91 Å². The summed E-state index contributed by atoms with van der Waals surface area (Å²) in [5, 5.41) is 9.55. The average Bonchev–Trinajstić information content (AvgIpc) is 2.76. The van der Waals surface area contributed by atoms with Crippen molar-refractivity contribution in [2.75, 3.05) is 6.54 Å². The molecule has 0 fully saturated rings. The third-order valence-corrected chi connectivity index (χ3v) is 3.59. The molecule has 1 aliphatic heterocycles. The second-order valence-corrected chi connectivity index (χ2v) is 5.08. The molecular weight excluding hydrogens is 256 g/mol. The number of aromatic hydroxyl groups is 1. The van der Waals surface area contributed by atoms with Gasteiger partial charge in [0.2, 0.25) is 5.76 Å². The second-order valence-electron chi connectivity index (χ2n) is 5.08. The number of carbonyl (C=O) groups excluding carboxylic acids is 1. The van der Waals surface area contributed by atoms with E-state index in [9.17, 15) is 9.90 Å². The molecule has 0 saturated carbocycles. The van der Waals surface area contributed by atoms with E-state index >= 15 is 0 Å². The zero-order valence-electron chi connectivity index (χ0n) is 11.5. The van der Waals surface area contributed by atoms with Crippen molar-refractivity contribution in [3.8, 4) is 5.75 Å². The maximum absolute atomic E-state index is 12.5. The van der Waals surface area contributed by atoms with Crippen molar-refractivity contribution in [3.63, 3.8) is 0 Å². The second kappa shape index (κ2) is 4.67. The van der Waals surface area contributed by atoms with Crippen molar-refractivity contribution in [3.05, 3.63) is 46.7 Å². The summed E-state index contributed by atoms with van der Waals surface area (Å²) in [4.78, 5) is 18.3. The molecule has 5 nitrogen and oxygen atoms in total. The van der Waals surface area contributed by atoms with Crippen LogP contribution in [0.3, 0.4) is 0 Å². The van der Waals surface area contributed by atoms with E-state index < -0.39 is 0 Å². The number of phenols is 1. The Hall–Kier alpha value is -2.30. The summed E-state index contributed by atoms with van der Waals surface area (Å²) in [6, 6.07) is 5.31. The first kappa shape index (κ1) is 12.7. The first-order chi connectivity index (χ1) is 9.54. The van der Waals surface area contributed by atoms with Crippen LogP contribution in [0.1, 0.15) is 33.3 Å². The highest BCUT2D eigenvalue weighted by molar-refractivity contribution is 5.92. The molecule has 0 bridgehead atoms. The van der Waals surface area contributed by atoms with Gasteiger partial charge in [0.05, 0.1) is 5.69 Å². The first-order valence-electron chi connectivity index (χ1n) is 6.58. The largest absolute Gasteiger partial charge is 0.508 e. The molecule has 2 heterocycles. The lowest BCUT2D eigenvalue weighted by Gasteiger charge is -2.28. The Bertz CT molecular complexity index is 676. The minimum absolute atomic E-state index is 0.142. The predicted octanol–water partition coefficient (Wildman–Crippen LogP) is 2.20. The number of phenolic OH excluding ortho intramolecular Hbond substituents is 1. The number of benzene rings is 1. The molecule has 0 atom stereocenters. The molecule has 20 heavy (non-hydrogen) atoms. The van der Waals surface area contributed by atoms with Crippen molar-refractivity contribution in [1.82, 2.24) is 9.88 Å². The number of carbonyl (C=O) groups is 1. The van der Waals surface area contributed by atoms with E-state index in [1.165, 1.54) is 5.56 Å². The fourth-order valence-corrected chi connectivity index (χ4v) is 2.59. The van der Waals surface area contributed by atoms with E-state index in [2.05, 4.69) is 4.98 Å². The Kier molecular flexibility index (Phi) is 2.97. The summed E-state index contributed by atoms with van der Waals surface area (Å²) < 4.78 is 5.39. The minimum Gasteiger partial charge on any atom is -0.508 e. The zero-order valence-corrected chi connectivity index (χ0v) is 11.5. The van der Waals surface area contributed by atoms with Gasteiger partial charge in [-0.25, -0.2) is 4.98 Å². The van der Waals surface area contributed by atoms with Gasteiger partial charge < -0.3 is 14.4 Å². The number of amides is 1. The molecule has 104 valence electrons. The molecule has 1 N–H and O–H groups in total. The topological polar surface area (TPSA) is 66.6 Å². The number of rotatable bonds is 1. The van der Waals surface area contributed by atoms with Crippen LogP contribution in [0.5, 0.6) is 5.75 Å². The number of hydrogen-bond acceptors (Lipinski definition) is 4. The Morgan fingerprint density at radius 2 is 2.15 bits per heavy atom. The average molecular weight is 272 g/mol. The lowest BCUT2D eigenvalue weighted by molar-refractivity contribution is 0.0699. The Morgan fingerprint density at radius 1 is 1.35 bits per heavy atom. The minimum atomic E-state index is -0.142. The van der Waals surface area contributed by atoms with Crippen molar-refractivity contribution in [2.24, 2.45) is 0 Å². The highest BCUT2D eigenvalue weighted by atomic mass is 16.4. The van der Waals surface area contributed by atoms with Gasteiger partial charge in [-0.3, -0.25) is 4.79 Å². The molecule has 0 saturated heterocycles. The molecule has 0 aliphatic carbocycles. The van der Waals surface area contributed by atoms with Crippen molar-refractivity contribution >= 4 is 5.91 Å². The molecule has 2 aromatic rings. The zero-order chi connectivity index (χ0) is 14.3. The Balaban J connectivity index is 1.86. The van der Waals surface area contributed by atoms with Gasteiger partial charge in [0, 0.05) is 20.0 Å². The summed E-state index contributed by atoms with van der Waals surface area (Å²) in [7, 11) is 0. The number of fused-ring (bicyclic) bond motifs is 1. The number of nitrogens with zero attached hydrogens (tertiary/aromatic N) is 2. The molecule has 3 rings (SSSR count). The van der Waals surface area contributed by atoms with E-state index in [0.717, 1.165) is 12.0 Å². The summed E-state index contributed by atoms with van der Waals surface area (Å²) in [5.74, 6) is 0.897. The van der Waals surface area contributed by atoms with E-state index in [0.29, 0.717) is 30.4 Å². The summed E-state index contributed by atoms with van der Waals surface area (Å²) >= 11 is 0. The van der Waals surface area contributed by atoms with Crippen molar-refractivity contribution < 1.29 is 14.3 Å². The van der Waals surface area contributed by atoms with Crippen LogP contribution in [-0.2, 0) is 13.0 Å². The summed E-state index contributed by atoms with van der Waals surface area (Å²) in [6.45, 7) is 4.64. The van der Waals surface area contributed by atoms with Gasteiger partial charge in [0.15, 0.2) is 5.89 Å². The van der Waals surface area contributed by atoms with Crippen molar-refractivity contribution in [2.45, 2.75) is 26.8 Å². The fourth-order valence-electron chi connectivity index (χ4n) is 2.59. The third kappa shape index (κ3) is 2.15. The number of hydrogen-bond donors (Lipinski definition) is 1. The van der Waals surface area contributed by atoms with Gasteiger partial charge in [-0.05, 0) is 36.6 Å². The van der Waals surface area contributed by atoms with Crippen LogP contribution in [0.2, 0.25) is 0 Å². The van der Waals surface area contributed by atoms with Crippen LogP contribution in [-0.4, -0.2) is 27.4 Å². The van der Waals surface area contributed by atoms with Crippen LogP contribution in [0.15, 0.2) is 22.6 Å². The van der Waals surface area contributed by atoms with Crippen LogP contribution >= 0.6 is 0 Å². The molecule has 0 radical (unpaired) electrons. The van der Waals surface area contributed by atoms with Crippen LogP contribution in [0.4, 0.5) is 0 Å². The molecule has 5 heteroatoms. The van der Waals surface area contributed by atoms with E-state index in [1.54, 1.807) is 30.9 Å². The maximum Gasteiger partial charge on any atom is 0.291 e. The van der Waals surface area contributed by atoms with Crippen LogP contribution < -0.4 is 0 Å². The Labute approximate surface area is 116 Å². The van der Waals surface area contributed by atoms with Crippen LogP contribution in [0.25, 0.3) is 0 Å². The number of aromatic nitrogens is 1. The van der Waals surface area contributed by atoms with Gasteiger partial charge in [0.1, 0.15) is 5.75 Å². The highest BCUT2D eigenvalue weighted by Crippen LogP contribution is 2.24. The first-order valence-corrected chi connectivity index (χ1v) is 6.58. The normalized spacial score (nSPS) is 14.2. The van der Waals surface area contributed by atoms with Gasteiger partial charge in [-0.1, -0.05) is 6.07 Å². The summed E-state index contributed by atoms with van der Waals surface area (Å²) in [6.07, 6.45) is 0.785. The van der Waals surface area contributed by atoms with E-state index in [-0.39, 0.29) is 11.7 Å². The summed E-state index contributed by atoms with van der Waals surface area (Å²) in [5.41, 5.74) is 2.78. The third-order valence-electron chi connectivity index (χ3n) is 3.59. The van der Waals surface area contributed by atoms with Gasteiger partial charge in [-0.15, -0.1) is 0 Å². The fraction of sp³-hybridized carbons (Fsp3) is 0.333. The van der Waals surface area contributed by atoms with E-state index in [4.69, 9.17) is 4.42 Å². The van der Waals surface area contributed by atoms with E-state index in [1.807, 2.05) is 6.07 Å². The number of oxazole rings is 1. The lowest BCUT2D eigenvalue weighted by atomic mass is 9.99. The lowest BCUT2D eigenvalue weighted by Crippen LogP contribution is -2.36. The quantitative estimate of drug-likeness (QED) is 0.864. The molecule has 1 aromatic carbocycles. The maximum atomic E-state index is 12.5. The molecule has 1 amide bonds. The van der Waals surface area contributed by atoms with Crippen LogP contribution in [0, 0.1) is 13.8 Å². The highest BCUT2D eigenvalue weighted by Gasteiger charge is 2.26. The molecule has 1 aromatic heterocycles. The van der Waals surface area contributed by atoms with Gasteiger partial charge in [-0.2, -0.15) is 0 Å². The Morgan fingerprint density at radius 3 is 2.85 bits per heavy atom. The SMILES string of the molecule is Cc1nc(C)c(C(=O)N2CCc3ccc(O)cc3C2)o1. The predicted molar refractivity (Wildman–Crippen MR) is 72.5 cm³/mol. The molecule has 0 spiro atoms. The standard InChI is InChI=1S/C15H16N2O3/c1-9-14(20-10(2)16-9)15(19)17-6-5-11-3-4-13(18)7-12(11)8-17/h3-4,7,18H,5-6,8H2,1-2H3. The number of aryl methyl sites for hydroxylation is 2.